The molecule has 0 bridgehead atoms. The highest BCUT2D eigenvalue weighted by molar-refractivity contribution is 5.38. The van der Waals surface area contributed by atoms with Crippen molar-refractivity contribution in [2.24, 2.45) is 0 Å². The number of nitrogens with zero attached hydrogens (tertiary/aromatic N) is 3. The van der Waals surface area contributed by atoms with Crippen LogP contribution in [0.25, 0.3) is 5.82 Å². The lowest BCUT2D eigenvalue weighted by molar-refractivity contribution is 0.559. The number of rotatable bonds is 6. The Balaban J connectivity index is 1.41. The summed E-state index contributed by atoms with van der Waals surface area (Å²) in [5.74, 6) is 1.85. The summed E-state index contributed by atoms with van der Waals surface area (Å²) < 4.78 is 1.97. The summed E-state index contributed by atoms with van der Waals surface area (Å²) in [7, 11) is 0. The molecule has 4 rings (SSSR count). The van der Waals surface area contributed by atoms with E-state index in [9.17, 15) is 0 Å². The zero-order chi connectivity index (χ0) is 20.4. The molecule has 29 heavy (non-hydrogen) atoms. The van der Waals surface area contributed by atoms with Crippen molar-refractivity contribution in [3.8, 4) is 5.82 Å². The van der Waals surface area contributed by atoms with Crippen molar-refractivity contribution in [2.45, 2.75) is 58.5 Å². The minimum Gasteiger partial charge on any atom is -0.306 e. The molecule has 0 amide bonds. The highest BCUT2D eigenvalue weighted by Gasteiger charge is 2.26. The Labute approximate surface area is 173 Å². The van der Waals surface area contributed by atoms with Gasteiger partial charge in [-0.05, 0) is 49.4 Å². The van der Waals surface area contributed by atoms with E-state index in [2.05, 4.69) is 74.4 Å². The summed E-state index contributed by atoms with van der Waals surface area (Å²) in [6.45, 7) is 9.61. The summed E-state index contributed by atoms with van der Waals surface area (Å²) in [6.07, 6.45) is 7.53. The van der Waals surface area contributed by atoms with Crippen LogP contribution >= 0.6 is 0 Å². The van der Waals surface area contributed by atoms with Gasteiger partial charge in [-0.1, -0.05) is 56.3 Å². The van der Waals surface area contributed by atoms with Gasteiger partial charge in [-0.2, -0.15) is 5.10 Å². The third-order valence-electron chi connectivity index (χ3n) is 5.88. The zero-order valence-electron chi connectivity index (χ0n) is 17.8. The molecule has 2 atom stereocenters. The molecule has 0 spiro atoms. The number of nitrogens with one attached hydrogen (secondary N) is 1. The maximum atomic E-state index is 4.77. The van der Waals surface area contributed by atoms with E-state index in [1.54, 1.807) is 0 Å². The van der Waals surface area contributed by atoms with E-state index in [-0.39, 0.29) is 0 Å². The monoisotopic (exact) mass is 386 g/mol. The van der Waals surface area contributed by atoms with E-state index < -0.39 is 0 Å². The molecule has 4 heteroatoms. The second kappa shape index (κ2) is 8.34. The smallest absolute Gasteiger partial charge is 0.153 e. The second-order valence-electron chi connectivity index (χ2n) is 8.30. The fourth-order valence-electron chi connectivity index (χ4n) is 4.23. The number of allylic oxidation sites excluding steroid dienone is 1. The van der Waals surface area contributed by atoms with Gasteiger partial charge in [0.25, 0.3) is 0 Å². The van der Waals surface area contributed by atoms with Crippen molar-refractivity contribution < 1.29 is 0 Å². The van der Waals surface area contributed by atoms with E-state index >= 15 is 0 Å². The molecule has 1 aromatic carbocycles. The van der Waals surface area contributed by atoms with Crippen LogP contribution in [0.5, 0.6) is 0 Å². The summed E-state index contributed by atoms with van der Waals surface area (Å²) in [4.78, 5) is 4.46. The van der Waals surface area contributed by atoms with Crippen LogP contribution in [0.15, 0.2) is 60.8 Å². The van der Waals surface area contributed by atoms with Crippen LogP contribution in [0, 0.1) is 13.8 Å². The number of hydrogen-bond acceptors (Lipinski definition) is 3. The van der Waals surface area contributed by atoms with Crippen LogP contribution in [0.1, 0.15) is 60.2 Å². The predicted molar refractivity (Wildman–Crippen MR) is 118 cm³/mol. The number of pyridine rings is 1. The van der Waals surface area contributed by atoms with Gasteiger partial charge in [0.05, 0.1) is 5.69 Å². The van der Waals surface area contributed by atoms with Crippen molar-refractivity contribution in [3.05, 3.63) is 88.9 Å². The Bertz CT molecular complexity index is 984. The number of aryl methyl sites for hydroxylation is 1. The predicted octanol–water partition coefficient (Wildman–Crippen LogP) is 5.21. The highest BCUT2D eigenvalue weighted by Crippen LogP contribution is 2.33. The first-order valence-corrected chi connectivity index (χ1v) is 10.5. The molecule has 0 fully saturated rings. The van der Waals surface area contributed by atoms with Crippen molar-refractivity contribution in [1.82, 2.24) is 20.1 Å². The van der Waals surface area contributed by atoms with Crippen molar-refractivity contribution in [2.75, 3.05) is 0 Å². The highest BCUT2D eigenvalue weighted by atomic mass is 15.3. The first-order valence-electron chi connectivity index (χ1n) is 10.5. The standard InChI is InChI=1S/C25H30N4/c1-17(2)21-10-8-20(9-11-21)16-27-23-13-12-22(15-23)25-18(3)28-29(19(25)4)24-7-5-6-14-26-24/h5-14,17,22-23,27H,15-16H2,1-4H3/t22-,23+/m0/s1. The van der Waals surface area contributed by atoms with Crippen LogP contribution < -0.4 is 5.32 Å². The van der Waals surface area contributed by atoms with Crippen molar-refractivity contribution in [1.29, 1.82) is 0 Å². The Morgan fingerprint density at radius 3 is 2.55 bits per heavy atom. The van der Waals surface area contributed by atoms with Gasteiger partial charge in [-0.25, -0.2) is 9.67 Å². The summed E-state index contributed by atoms with van der Waals surface area (Å²) in [5.41, 5.74) is 6.33. The molecule has 150 valence electrons. The Morgan fingerprint density at radius 1 is 1.07 bits per heavy atom. The van der Waals surface area contributed by atoms with Crippen LogP contribution in [0.3, 0.4) is 0 Å². The van der Waals surface area contributed by atoms with Gasteiger partial charge >= 0.3 is 0 Å². The quantitative estimate of drug-likeness (QED) is 0.592. The number of hydrogen-bond donors (Lipinski definition) is 1. The van der Waals surface area contributed by atoms with E-state index in [4.69, 9.17) is 5.10 Å². The van der Waals surface area contributed by atoms with Crippen LogP contribution in [-0.2, 0) is 6.54 Å². The van der Waals surface area contributed by atoms with Gasteiger partial charge in [0.1, 0.15) is 0 Å². The topological polar surface area (TPSA) is 42.7 Å². The fourth-order valence-corrected chi connectivity index (χ4v) is 4.23. The Kier molecular flexibility index (Phi) is 5.63. The molecule has 0 saturated carbocycles. The number of aromatic nitrogens is 3. The first kappa shape index (κ1) is 19.6. The Morgan fingerprint density at radius 2 is 1.86 bits per heavy atom. The molecule has 0 unspecified atom stereocenters. The zero-order valence-corrected chi connectivity index (χ0v) is 17.8. The average molecular weight is 387 g/mol. The summed E-state index contributed by atoms with van der Waals surface area (Å²) in [5, 5.41) is 8.46. The maximum Gasteiger partial charge on any atom is 0.153 e. The van der Waals surface area contributed by atoms with Gasteiger partial charge in [0.15, 0.2) is 5.82 Å². The largest absolute Gasteiger partial charge is 0.306 e. The second-order valence-corrected chi connectivity index (χ2v) is 8.30. The van der Waals surface area contributed by atoms with E-state index in [0.29, 0.717) is 17.9 Å². The molecule has 4 nitrogen and oxygen atoms in total. The van der Waals surface area contributed by atoms with Crippen LogP contribution in [0.4, 0.5) is 0 Å². The molecule has 2 aromatic heterocycles. The fraction of sp³-hybridized carbons (Fsp3) is 0.360. The van der Waals surface area contributed by atoms with E-state index in [1.807, 2.05) is 29.1 Å². The van der Waals surface area contributed by atoms with Crippen molar-refractivity contribution in [3.63, 3.8) is 0 Å². The molecule has 1 aliphatic rings. The minimum absolute atomic E-state index is 0.391. The first-order chi connectivity index (χ1) is 14.0. The third kappa shape index (κ3) is 4.18. The van der Waals surface area contributed by atoms with E-state index in [0.717, 1.165) is 24.5 Å². The SMILES string of the molecule is Cc1nn(-c2ccccn2)c(C)c1[C@H]1C=C[C@@H](NCc2ccc(C(C)C)cc2)C1. The lowest BCUT2D eigenvalue weighted by atomic mass is 9.96. The van der Waals surface area contributed by atoms with Gasteiger partial charge in [0, 0.05) is 36.0 Å². The molecule has 1 aliphatic carbocycles. The molecular formula is C25H30N4. The molecule has 0 aliphatic heterocycles. The number of benzene rings is 1. The maximum absolute atomic E-state index is 4.77. The lowest BCUT2D eigenvalue weighted by Crippen LogP contribution is -2.25. The third-order valence-corrected chi connectivity index (χ3v) is 5.88. The normalized spacial score (nSPS) is 18.7. The molecule has 0 radical (unpaired) electrons. The van der Waals surface area contributed by atoms with Crippen molar-refractivity contribution >= 4 is 0 Å². The summed E-state index contributed by atoms with van der Waals surface area (Å²) >= 11 is 0. The molecule has 0 saturated heterocycles. The minimum atomic E-state index is 0.391. The van der Waals surface area contributed by atoms with Crippen LogP contribution in [-0.4, -0.2) is 20.8 Å². The van der Waals surface area contributed by atoms with Gasteiger partial charge in [-0.3, -0.25) is 0 Å². The van der Waals surface area contributed by atoms with Gasteiger partial charge in [-0.15, -0.1) is 0 Å². The molecule has 1 N–H and O–H groups in total. The molecule has 3 aromatic rings. The van der Waals surface area contributed by atoms with Gasteiger partial charge < -0.3 is 5.32 Å². The van der Waals surface area contributed by atoms with Crippen LogP contribution in [0.2, 0.25) is 0 Å². The van der Waals surface area contributed by atoms with E-state index in [1.165, 1.54) is 22.4 Å². The lowest BCUT2D eigenvalue weighted by Gasteiger charge is -2.15. The molecular weight excluding hydrogens is 356 g/mol. The van der Waals surface area contributed by atoms with Gasteiger partial charge in [0.2, 0.25) is 0 Å². The molecule has 2 heterocycles. The summed E-state index contributed by atoms with van der Waals surface area (Å²) in [6, 6.07) is 15.3. The Hall–Kier alpha value is -2.72. The average Bonchev–Trinajstić information content (AvgIpc) is 3.31.